The number of likely N-dealkylation sites (tertiary alicyclic amines) is 1. The molecule has 0 aromatic heterocycles. The van der Waals surface area contributed by atoms with Crippen molar-refractivity contribution in [1.29, 1.82) is 0 Å². The van der Waals surface area contributed by atoms with E-state index in [1.807, 2.05) is 24.3 Å². The first-order chi connectivity index (χ1) is 10.7. The van der Waals surface area contributed by atoms with Crippen LogP contribution in [0.25, 0.3) is 0 Å². The lowest BCUT2D eigenvalue weighted by Gasteiger charge is -2.37. The quantitative estimate of drug-likeness (QED) is 0.853. The van der Waals surface area contributed by atoms with E-state index >= 15 is 0 Å². The Bertz CT molecular complexity index is 562. The number of piperazine rings is 1. The number of rotatable bonds is 4. The van der Waals surface area contributed by atoms with Crippen LogP contribution >= 0.6 is 11.6 Å². The monoisotopic (exact) mass is 321 g/mol. The summed E-state index contributed by atoms with van der Waals surface area (Å²) in [5.74, 6) is -0.0937. The molecule has 0 aliphatic carbocycles. The van der Waals surface area contributed by atoms with Crippen molar-refractivity contribution in [3.05, 3.63) is 34.9 Å². The summed E-state index contributed by atoms with van der Waals surface area (Å²) in [6.45, 7) is 3.77. The van der Waals surface area contributed by atoms with Crippen LogP contribution < -0.4 is 5.32 Å². The Morgan fingerprint density at radius 3 is 2.59 bits per heavy atom. The van der Waals surface area contributed by atoms with Crippen LogP contribution in [0.3, 0.4) is 0 Å². The maximum Gasteiger partial charge on any atom is 0.229 e. The molecular formula is C16H20ClN3O2. The summed E-state index contributed by atoms with van der Waals surface area (Å²) in [5, 5.41) is 4.15. The molecule has 1 atom stereocenters. The number of hydrogen-bond donors (Lipinski definition) is 1. The average molecular weight is 322 g/mol. The fraction of sp³-hybridized carbons (Fsp3) is 0.500. The molecule has 2 fully saturated rings. The second-order valence-corrected chi connectivity index (χ2v) is 6.12. The number of carbonyl (C=O) groups is 2. The minimum atomic E-state index is -0.0468. The van der Waals surface area contributed by atoms with Crippen molar-refractivity contribution < 1.29 is 9.59 Å². The van der Waals surface area contributed by atoms with E-state index in [0.717, 1.165) is 30.2 Å². The molecule has 6 heteroatoms. The predicted octanol–water partition coefficient (Wildman–Crippen LogP) is 1.44. The molecule has 22 heavy (non-hydrogen) atoms. The Morgan fingerprint density at radius 1 is 1.14 bits per heavy atom. The molecule has 0 saturated carbocycles. The molecule has 1 N–H and O–H groups in total. The van der Waals surface area contributed by atoms with Crippen molar-refractivity contribution in [3.8, 4) is 0 Å². The lowest BCUT2D eigenvalue weighted by Crippen LogP contribution is -2.49. The van der Waals surface area contributed by atoms with E-state index in [9.17, 15) is 9.59 Å². The van der Waals surface area contributed by atoms with Crippen molar-refractivity contribution >= 4 is 23.4 Å². The molecular weight excluding hydrogens is 302 g/mol. The van der Waals surface area contributed by atoms with Crippen LogP contribution in [0.5, 0.6) is 0 Å². The van der Waals surface area contributed by atoms with Gasteiger partial charge in [0.25, 0.3) is 0 Å². The van der Waals surface area contributed by atoms with Crippen LogP contribution in [0.1, 0.15) is 24.4 Å². The summed E-state index contributed by atoms with van der Waals surface area (Å²) in [7, 11) is 0. The van der Waals surface area contributed by atoms with Gasteiger partial charge < -0.3 is 5.32 Å². The van der Waals surface area contributed by atoms with E-state index < -0.39 is 0 Å². The second kappa shape index (κ2) is 6.77. The van der Waals surface area contributed by atoms with E-state index in [0.29, 0.717) is 25.9 Å². The van der Waals surface area contributed by atoms with Crippen molar-refractivity contribution in [2.45, 2.75) is 18.9 Å². The molecule has 2 saturated heterocycles. The van der Waals surface area contributed by atoms with Crippen LogP contribution in [-0.4, -0.2) is 54.3 Å². The number of imide groups is 1. The minimum absolute atomic E-state index is 0.0468. The van der Waals surface area contributed by atoms with Gasteiger partial charge in [-0.2, -0.15) is 0 Å². The summed E-state index contributed by atoms with van der Waals surface area (Å²) in [6.07, 6.45) is 0.711. The zero-order valence-corrected chi connectivity index (χ0v) is 13.2. The van der Waals surface area contributed by atoms with Gasteiger partial charge in [-0.25, -0.2) is 0 Å². The molecule has 0 spiro atoms. The van der Waals surface area contributed by atoms with Gasteiger partial charge in [0.05, 0.1) is 0 Å². The smallest absolute Gasteiger partial charge is 0.229 e. The standard InChI is InChI=1S/C16H20ClN3O2/c17-13-4-2-1-3-12(13)14-11-18-7-8-19(14)9-10-20-15(21)5-6-16(20)22/h1-4,14,18H,5-11H2. The summed E-state index contributed by atoms with van der Waals surface area (Å²) < 4.78 is 0. The minimum Gasteiger partial charge on any atom is -0.314 e. The third-order valence-electron chi connectivity index (χ3n) is 4.38. The van der Waals surface area contributed by atoms with Crippen molar-refractivity contribution in [2.75, 3.05) is 32.7 Å². The predicted molar refractivity (Wildman–Crippen MR) is 84.6 cm³/mol. The number of carbonyl (C=O) groups excluding carboxylic acids is 2. The first kappa shape index (κ1) is 15.5. The molecule has 118 valence electrons. The van der Waals surface area contributed by atoms with Gasteiger partial charge in [0.15, 0.2) is 0 Å². The van der Waals surface area contributed by atoms with Gasteiger partial charge in [0, 0.05) is 56.6 Å². The second-order valence-electron chi connectivity index (χ2n) is 5.72. The number of benzene rings is 1. The molecule has 2 aliphatic rings. The van der Waals surface area contributed by atoms with Crippen molar-refractivity contribution in [1.82, 2.24) is 15.1 Å². The molecule has 5 nitrogen and oxygen atoms in total. The van der Waals surface area contributed by atoms with Crippen LogP contribution in [0, 0.1) is 0 Å². The van der Waals surface area contributed by atoms with Gasteiger partial charge in [-0.15, -0.1) is 0 Å². The Morgan fingerprint density at radius 2 is 1.86 bits per heavy atom. The molecule has 1 aromatic rings. The molecule has 0 radical (unpaired) electrons. The van der Waals surface area contributed by atoms with Crippen LogP contribution in [0.15, 0.2) is 24.3 Å². The Hall–Kier alpha value is -1.43. The highest BCUT2D eigenvalue weighted by Gasteiger charge is 2.31. The van der Waals surface area contributed by atoms with Gasteiger partial charge >= 0.3 is 0 Å². The normalized spacial score (nSPS) is 23.3. The summed E-state index contributed by atoms with van der Waals surface area (Å²) >= 11 is 6.32. The molecule has 2 aliphatic heterocycles. The zero-order chi connectivity index (χ0) is 15.5. The lowest BCUT2D eigenvalue weighted by atomic mass is 10.0. The number of amides is 2. The first-order valence-corrected chi connectivity index (χ1v) is 8.07. The SMILES string of the molecule is O=C1CCC(=O)N1CCN1CCNCC1c1ccccc1Cl. The Kier molecular flexibility index (Phi) is 4.76. The van der Waals surface area contributed by atoms with E-state index in [-0.39, 0.29) is 17.9 Å². The highest BCUT2D eigenvalue weighted by atomic mass is 35.5. The van der Waals surface area contributed by atoms with Gasteiger partial charge in [0.1, 0.15) is 0 Å². The topological polar surface area (TPSA) is 52.7 Å². The highest BCUT2D eigenvalue weighted by Crippen LogP contribution is 2.28. The summed E-state index contributed by atoms with van der Waals surface area (Å²) in [4.78, 5) is 27.1. The first-order valence-electron chi connectivity index (χ1n) is 7.69. The number of nitrogens with one attached hydrogen (secondary N) is 1. The Labute approximate surface area is 135 Å². The van der Waals surface area contributed by atoms with Crippen molar-refractivity contribution in [2.24, 2.45) is 0 Å². The third kappa shape index (κ3) is 3.16. The van der Waals surface area contributed by atoms with Gasteiger partial charge in [-0.3, -0.25) is 19.4 Å². The fourth-order valence-corrected chi connectivity index (χ4v) is 3.43. The molecule has 3 rings (SSSR count). The van der Waals surface area contributed by atoms with Gasteiger partial charge in [0.2, 0.25) is 11.8 Å². The van der Waals surface area contributed by atoms with E-state index in [2.05, 4.69) is 10.2 Å². The maximum absolute atomic E-state index is 11.7. The Balaban J connectivity index is 1.69. The largest absolute Gasteiger partial charge is 0.314 e. The molecule has 1 unspecified atom stereocenters. The molecule has 2 heterocycles. The number of nitrogens with zero attached hydrogens (tertiary/aromatic N) is 2. The van der Waals surface area contributed by atoms with E-state index in [1.54, 1.807) is 0 Å². The van der Waals surface area contributed by atoms with Crippen LogP contribution in [0.4, 0.5) is 0 Å². The summed E-state index contributed by atoms with van der Waals surface area (Å²) in [5.41, 5.74) is 1.09. The van der Waals surface area contributed by atoms with Gasteiger partial charge in [-0.05, 0) is 11.6 Å². The highest BCUT2D eigenvalue weighted by molar-refractivity contribution is 6.31. The van der Waals surface area contributed by atoms with Crippen LogP contribution in [-0.2, 0) is 9.59 Å². The number of halogens is 1. The van der Waals surface area contributed by atoms with Crippen LogP contribution in [0.2, 0.25) is 5.02 Å². The zero-order valence-electron chi connectivity index (χ0n) is 12.4. The molecule has 1 aromatic carbocycles. The maximum atomic E-state index is 11.7. The average Bonchev–Trinajstić information content (AvgIpc) is 2.85. The number of hydrogen-bond acceptors (Lipinski definition) is 4. The fourth-order valence-electron chi connectivity index (χ4n) is 3.17. The van der Waals surface area contributed by atoms with Gasteiger partial charge in [-0.1, -0.05) is 29.8 Å². The summed E-state index contributed by atoms with van der Waals surface area (Å²) in [6, 6.07) is 8.03. The van der Waals surface area contributed by atoms with Crippen molar-refractivity contribution in [3.63, 3.8) is 0 Å². The van der Waals surface area contributed by atoms with E-state index in [4.69, 9.17) is 11.6 Å². The lowest BCUT2D eigenvalue weighted by molar-refractivity contribution is -0.138. The van der Waals surface area contributed by atoms with E-state index in [1.165, 1.54) is 4.90 Å². The molecule has 0 bridgehead atoms. The third-order valence-corrected chi connectivity index (χ3v) is 4.73. The molecule has 2 amide bonds.